The highest BCUT2D eigenvalue weighted by Crippen LogP contribution is 2.32. The number of likely N-dealkylation sites (N-methyl/N-ethyl adjacent to an activating group) is 1. The molecule has 0 bridgehead atoms. The summed E-state index contributed by atoms with van der Waals surface area (Å²) < 4.78 is 1.99. The summed E-state index contributed by atoms with van der Waals surface area (Å²) >= 11 is 0. The van der Waals surface area contributed by atoms with Gasteiger partial charge < -0.3 is 31.3 Å². The molecule has 0 saturated heterocycles. The van der Waals surface area contributed by atoms with Gasteiger partial charge in [0.15, 0.2) is 12.1 Å². The van der Waals surface area contributed by atoms with Crippen molar-refractivity contribution >= 4 is 51.7 Å². The Labute approximate surface area is 222 Å². The Morgan fingerprint density at radius 1 is 1.11 bits per heavy atom. The number of aryl methyl sites for hydroxylation is 2. The summed E-state index contributed by atoms with van der Waals surface area (Å²) in [4.78, 5) is 25.9. The van der Waals surface area contributed by atoms with Crippen LogP contribution in [0.1, 0.15) is 11.3 Å². The number of aromatic nitrogens is 1. The van der Waals surface area contributed by atoms with Crippen LogP contribution in [0.5, 0.6) is 0 Å². The lowest BCUT2D eigenvalue weighted by atomic mass is 10.0. The standard InChI is InChI=1S/C28H34N8O2/c1-18-21-9-6-7-10-23(21)36(5)27(18)26(25(22(29)17-37)28(30)34-31-2)33-20-14-12-19(13-15-20)32-24(38)11-8-16-35(3)4/h6-15,17,29,31,33H,16H2,1-5H3,(H2,30,34)(H,32,38)/b11-8+,26-25+,29-22?. The first-order valence-electron chi connectivity index (χ1n) is 12.0. The van der Waals surface area contributed by atoms with Crippen molar-refractivity contribution in [3.63, 3.8) is 0 Å². The molecule has 0 spiro atoms. The predicted octanol–water partition coefficient (Wildman–Crippen LogP) is 3.08. The van der Waals surface area contributed by atoms with Crippen LogP contribution in [0, 0.1) is 12.3 Å². The van der Waals surface area contributed by atoms with Gasteiger partial charge in [-0.3, -0.25) is 15.0 Å². The average molecular weight is 515 g/mol. The number of hydrogen-bond acceptors (Lipinski definition) is 7. The van der Waals surface area contributed by atoms with E-state index in [0.29, 0.717) is 29.9 Å². The molecule has 2 aromatic carbocycles. The minimum absolute atomic E-state index is 0.00912. The molecule has 10 heteroatoms. The van der Waals surface area contributed by atoms with Crippen LogP contribution in [0.2, 0.25) is 0 Å². The van der Waals surface area contributed by atoms with Crippen molar-refractivity contribution in [1.82, 2.24) is 14.9 Å². The summed E-state index contributed by atoms with van der Waals surface area (Å²) in [6, 6.07) is 15.1. The minimum atomic E-state index is -0.318. The molecule has 3 rings (SSSR count). The number of hydrogen-bond donors (Lipinski definition) is 5. The molecule has 38 heavy (non-hydrogen) atoms. The second-order valence-corrected chi connectivity index (χ2v) is 8.91. The first-order valence-corrected chi connectivity index (χ1v) is 12.0. The molecule has 1 amide bonds. The third-order valence-electron chi connectivity index (χ3n) is 5.88. The maximum absolute atomic E-state index is 12.2. The van der Waals surface area contributed by atoms with Crippen molar-refractivity contribution in [3.8, 4) is 0 Å². The largest absolute Gasteiger partial charge is 0.382 e. The second-order valence-electron chi connectivity index (χ2n) is 8.91. The van der Waals surface area contributed by atoms with Crippen LogP contribution in [-0.4, -0.2) is 60.9 Å². The van der Waals surface area contributed by atoms with Crippen LogP contribution in [0.25, 0.3) is 16.6 Å². The first kappa shape index (κ1) is 27.9. The summed E-state index contributed by atoms with van der Waals surface area (Å²) in [6.07, 6.45) is 3.72. The summed E-state index contributed by atoms with van der Waals surface area (Å²) in [7, 11) is 7.36. The van der Waals surface area contributed by atoms with E-state index in [1.165, 1.54) is 6.08 Å². The molecule has 0 saturated carbocycles. The zero-order valence-electron chi connectivity index (χ0n) is 22.3. The van der Waals surface area contributed by atoms with Crippen molar-refractivity contribution < 1.29 is 9.59 Å². The number of fused-ring (bicyclic) bond motifs is 1. The average Bonchev–Trinajstić information content (AvgIpc) is 3.14. The van der Waals surface area contributed by atoms with Crippen LogP contribution in [0.15, 0.2) is 71.4 Å². The second kappa shape index (κ2) is 12.5. The van der Waals surface area contributed by atoms with Gasteiger partial charge in [-0.1, -0.05) is 24.3 Å². The molecule has 1 aromatic heterocycles. The number of para-hydroxylation sites is 1. The molecule has 198 valence electrons. The van der Waals surface area contributed by atoms with Gasteiger partial charge in [0, 0.05) is 49.0 Å². The molecular weight excluding hydrogens is 480 g/mol. The summed E-state index contributed by atoms with van der Waals surface area (Å²) in [6.45, 7) is 2.65. The zero-order valence-corrected chi connectivity index (χ0v) is 22.3. The Bertz CT molecular complexity index is 1390. The van der Waals surface area contributed by atoms with Crippen molar-refractivity contribution in [2.24, 2.45) is 17.9 Å². The van der Waals surface area contributed by atoms with Gasteiger partial charge in [-0.2, -0.15) is 5.10 Å². The number of rotatable bonds is 11. The fourth-order valence-electron chi connectivity index (χ4n) is 4.15. The summed E-state index contributed by atoms with van der Waals surface area (Å²) in [5.74, 6) is -0.234. The van der Waals surface area contributed by atoms with Crippen molar-refractivity contribution in [2.45, 2.75) is 6.92 Å². The molecule has 0 atom stereocenters. The number of nitrogens with zero attached hydrogens (tertiary/aromatic N) is 3. The number of nitrogens with one attached hydrogen (secondary N) is 4. The molecule has 0 unspecified atom stereocenters. The third kappa shape index (κ3) is 6.34. The SMILES string of the molecule is CN/N=C(N)\C(C(=N)C=O)=C(\Nc1ccc(NC(=O)/C=C/CN(C)C)cc1)c1c(C)c2ccccc2n1C. The Morgan fingerprint density at radius 2 is 1.74 bits per heavy atom. The summed E-state index contributed by atoms with van der Waals surface area (Å²) in [5, 5.41) is 19.7. The molecule has 0 radical (unpaired) electrons. The van der Waals surface area contributed by atoms with Gasteiger partial charge in [-0.05, 0) is 56.9 Å². The van der Waals surface area contributed by atoms with Gasteiger partial charge in [0.1, 0.15) is 5.71 Å². The highest BCUT2D eigenvalue weighted by molar-refractivity contribution is 6.46. The smallest absolute Gasteiger partial charge is 0.248 e. The lowest BCUT2D eigenvalue weighted by Crippen LogP contribution is -2.27. The van der Waals surface area contributed by atoms with Crippen molar-refractivity contribution in [3.05, 3.63) is 77.5 Å². The van der Waals surface area contributed by atoms with E-state index in [0.717, 1.165) is 22.2 Å². The molecule has 0 aliphatic heterocycles. The van der Waals surface area contributed by atoms with E-state index in [4.69, 9.17) is 11.1 Å². The number of amides is 1. The lowest BCUT2D eigenvalue weighted by Gasteiger charge is -2.19. The number of benzene rings is 2. The van der Waals surface area contributed by atoms with Crippen LogP contribution < -0.4 is 21.8 Å². The Balaban J connectivity index is 2.07. The Kier molecular flexibility index (Phi) is 9.18. The van der Waals surface area contributed by atoms with Crippen LogP contribution in [-0.2, 0) is 16.6 Å². The zero-order chi connectivity index (χ0) is 27.8. The number of anilines is 2. The number of nitrogens with two attached hydrogens (primary N) is 1. The van der Waals surface area contributed by atoms with Crippen LogP contribution >= 0.6 is 0 Å². The minimum Gasteiger partial charge on any atom is -0.382 e. The van der Waals surface area contributed by atoms with Gasteiger partial charge >= 0.3 is 0 Å². The fourth-order valence-corrected chi connectivity index (χ4v) is 4.15. The van der Waals surface area contributed by atoms with E-state index < -0.39 is 0 Å². The maximum atomic E-state index is 12.2. The maximum Gasteiger partial charge on any atom is 0.248 e. The monoisotopic (exact) mass is 514 g/mol. The molecule has 0 fully saturated rings. The number of aldehydes is 1. The first-order chi connectivity index (χ1) is 18.2. The topological polar surface area (TPSA) is 141 Å². The molecule has 10 nitrogen and oxygen atoms in total. The van der Waals surface area contributed by atoms with Gasteiger partial charge in [-0.15, -0.1) is 0 Å². The van der Waals surface area contributed by atoms with E-state index in [2.05, 4.69) is 21.2 Å². The number of carbonyl (C=O) groups excluding carboxylic acids is 2. The number of hydrazone groups is 1. The van der Waals surface area contributed by atoms with E-state index >= 15 is 0 Å². The number of carbonyl (C=O) groups is 2. The van der Waals surface area contributed by atoms with E-state index in [1.807, 2.05) is 61.8 Å². The van der Waals surface area contributed by atoms with E-state index in [9.17, 15) is 9.59 Å². The predicted molar refractivity (Wildman–Crippen MR) is 155 cm³/mol. The van der Waals surface area contributed by atoms with Crippen LogP contribution in [0.4, 0.5) is 11.4 Å². The normalized spacial score (nSPS) is 12.5. The number of amidine groups is 1. The van der Waals surface area contributed by atoms with Gasteiger partial charge in [0.05, 0.1) is 17.0 Å². The molecule has 0 aliphatic carbocycles. The molecule has 3 aromatic rings. The van der Waals surface area contributed by atoms with Gasteiger partial charge in [-0.25, -0.2) is 0 Å². The molecular formula is C28H34N8O2. The Hall–Kier alpha value is -4.70. The molecule has 6 N–H and O–H groups in total. The van der Waals surface area contributed by atoms with E-state index in [1.54, 1.807) is 37.4 Å². The van der Waals surface area contributed by atoms with Crippen molar-refractivity contribution in [1.29, 1.82) is 5.41 Å². The van der Waals surface area contributed by atoms with E-state index in [-0.39, 0.29) is 23.0 Å². The molecule has 0 aliphatic rings. The lowest BCUT2D eigenvalue weighted by molar-refractivity contribution is -0.112. The summed E-state index contributed by atoms with van der Waals surface area (Å²) in [5.41, 5.74) is 13.2. The van der Waals surface area contributed by atoms with Gasteiger partial charge in [0.2, 0.25) is 5.91 Å². The highest BCUT2D eigenvalue weighted by Gasteiger charge is 2.23. The van der Waals surface area contributed by atoms with Crippen molar-refractivity contribution in [2.75, 3.05) is 38.3 Å². The fraction of sp³-hybridized carbons (Fsp3) is 0.214. The molecule has 1 heterocycles. The quantitative estimate of drug-likeness (QED) is 0.0876. The van der Waals surface area contributed by atoms with Crippen LogP contribution in [0.3, 0.4) is 0 Å². The Morgan fingerprint density at radius 3 is 2.32 bits per heavy atom. The third-order valence-corrected chi connectivity index (χ3v) is 5.88. The van der Waals surface area contributed by atoms with Gasteiger partial charge in [0.25, 0.3) is 0 Å². The highest BCUT2D eigenvalue weighted by atomic mass is 16.1.